The summed E-state index contributed by atoms with van der Waals surface area (Å²) in [5.74, 6) is 0.683. The summed E-state index contributed by atoms with van der Waals surface area (Å²) in [4.78, 5) is 27.8. The fourth-order valence-electron chi connectivity index (χ4n) is 3.97. The number of benzene rings is 1. The van der Waals surface area contributed by atoms with Gasteiger partial charge in [0.05, 0.1) is 17.5 Å². The van der Waals surface area contributed by atoms with E-state index in [1.54, 1.807) is 6.07 Å². The molecule has 2 aromatic rings. The van der Waals surface area contributed by atoms with E-state index in [0.717, 1.165) is 68.1 Å². The van der Waals surface area contributed by atoms with Crippen molar-refractivity contribution in [3.63, 3.8) is 0 Å². The standard InChI is InChI=1S/C22H32N4O3.2BrH/c1-2-3-14-26-19-6-5-17(22(29)24-13-10-21(27)28)15-18(19)25-20(26)7-4-16-8-11-23-12-9-16;;/h5-6,15-16,23H,2-4,7-14H2,1H3,(H,24,29)(H,27,28);2*1H. The zero-order valence-corrected chi connectivity index (χ0v) is 21.5. The second kappa shape index (κ2) is 13.9. The molecule has 3 rings (SSSR count). The lowest BCUT2D eigenvalue weighted by Gasteiger charge is -2.22. The van der Waals surface area contributed by atoms with Gasteiger partial charge in [-0.3, -0.25) is 9.59 Å². The van der Waals surface area contributed by atoms with Crippen molar-refractivity contribution in [1.29, 1.82) is 0 Å². The average Bonchev–Trinajstić information content (AvgIpc) is 3.07. The van der Waals surface area contributed by atoms with Crippen molar-refractivity contribution in [1.82, 2.24) is 20.2 Å². The highest BCUT2D eigenvalue weighted by Gasteiger charge is 2.17. The van der Waals surface area contributed by atoms with Gasteiger partial charge in [-0.2, -0.15) is 0 Å². The Bertz CT molecular complexity index is 851. The van der Waals surface area contributed by atoms with E-state index < -0.39 is 5.97 Å². The van der Waals surface area contributed by atoms with E-state index in [-0.39, 0.29) is 52.8 Å². The number of piperidine rings is 1. The quantitative estimate of drug-likeness (QED) is 0.405. The first kappa shape index (κ1) is 27.6. The molecule has 1 amide bonds. The molecular weight excluding hydrogens is 528 g/mol. The van der Waals surface area contributed by atoms with E-state index >= 15 is 0 Å². The van der Waals surface area contributed by atoms with Crippen LogP contribution < -0.4 is 10.6 Å². The van der Waals surface area contributed by atoms with Gasteiger partial charge >= 0.3 is 5.97 Å². The van der Waals surface area contributed by atoms with Crippen LogP contribution in [0.1, 0.15) is 61.6 Å². The number of halogens is 2. The first-order valence-electron chi connectivity index (χ1n) is 10.8. The highest BCUT2D eigenvalue weighted by Crippen LogP contribution is 2.23. The van der Waals surface area contributed by atoms with Gasteiger partial charge in [0.1, 0.15) is 5.82 Å². The lowest BCUT2D eigenvalue weighted by Crippen LogP contribution is -2.28. The van der Waals surface area contributed by atoms with Crippen molar-refractivity contribution < 1.29 is 14.7 Å². The number of rotatable bonds is 10. The number of nitrogens with zero attached hydrogens (tertiary/aromatic N) is 2. The van der Waals surface area contributed by atoms with Crippen LogP contribution in [0.25, 0.3) is 11.0 Å². The number of aryl methyl sites for hydroxylation is 2. The monoisotopic (exact) mass is 560 g/mol. The van der Waals surface area contributed by atoms with Crippen LogP contribution >= 0.6 is 34.0 Å². The molecule has 1 saturated heterocycles. The molecule has 0 aliphatic carbocycles. The molecule has 1 aliphatic rings. The number of fused-ring (bicyclic) bond motifs is 1. The van der Waals surface area contributed by atoms with Gasteiger partial charge in [0.25, 0.3) is 5.91 Å². The van der Waals surface area contributed by atoms with Gasteiger partial charge in [-0.05, 0) is 62.9 Å². The van der Waals surface area contributed by atoms with Crippen LogP contribution in [0.3, 0.4) is 0 Å². The third-order valence-electron chi connectivity index (χ3n) is 5.68. The fraction of sp³-hybridized carbons (Fsp3) is 0.591. The smallest absolute Gasteiger partial charge is 0.305 e. The van der Waals surface area contributed by atoms with Gasteiger partial charge in [0, 0.05) is 25.1 Å². The number of nitrogens with one attached hydrogen (secondary N) is 2. The maximum atomic E-state index is 12.3. The van der Waals surface area contributed by atoms with Crippen molar-refractivity contribution in [3.05, 3.63) is 29.6 Å². The molecule has 3 N–H and O–H groups in total. The Hall–Kier alpha value is -1.45. The number of hydrogen-bond donors (Lipinski definition) is 3. The van der Waals surface area contributed by atoms with Gasteiger partial charge in [0.15, 0.2) is 0 Å². The van der Waals surface area contributed by atoms with Crippen LogP contribution in [0.4, 0.5) is 0 Å². The van der Waals surface area contributed by atoms with Gasteiger partial charge in [-0.15, -0.1) is 34.0 Å². The number of carbonyl (C=O) groups excluding carboxylic acids is 1. The highest BCUT2D eigenvalue weighted by atomic mass is 79.9. The molecule has 0 unspecified atom stereocenters. The minimum atomic E-state index is -0.922. The predicted molar refractivity (Wildman–Crippen MR) is 134 cm³/mol. The summed E-state index contributed by atoms with van der Waals surface area (Å²) in [5.41, 5.74) is 2.43. The van der Waals surface area contributed by atoms with E-state index in [1.807, 2.05) is 12.1 Å². The number of hydrogen-bond acceptors (Lipinski definition) is 4. The zero-order chi connectivity index (χ0) is 20.6. The van der Waals surface area contributed by atoms with Crippen molar-refractivity contribution in [2.24, 2.45) is 5.92 Å². The number of carbonyl (C=O) groups is 2. The van der Waals surface area contributed by atoms with Crippen LogP contribution in [0.15, 0.2) is 18.2 Å². The first-order chi connectivity index (χ1) is 14.1. The largest absolute Gasteiger partial charge is 0.481 e. The third-order valence-corrected chi connectivity index (χ3v) is 5.68. The van der Waals surface area contributed by atoms with Gasteiger partial charge < -0.3 is 20.3 Å². The Morgan fingerprint density at radius 1 is 1.26 bits per heavy atom. The third kappa shape index (κ3) is 7.88. The second-order valence-corrected chi connectivity index (χ2v) is 7.87. The summed E-state index contributed by atoms with van der Waals surface area (Å²) in [6.07, 6.45) is 6.72. The van der Waals surface area contributed by atoms with E-state index in [4.69, 9.17) is 10.1 Å². The van der Waals surface area contributed by atoms with E-state index in [1.165, 1.54) is 12.8 Å². The molecule has 1 aliphatic heterocycles. The van der Waals surface area contributed by atoms with Crippen molar-refractivity contribution >= 4 is 56.9 Å². The Balaban J connectivity index is 0.00000240. The van der Waals surface area contributed by atoms with Crippen LogP contribution in [0.5, 0.6) is 0 Å². The first-order valence-corrected chi connectivity index (χ1v) is 10.8. The highest BCUT2D eigenvalue weighted by molar-refractivity contribution is 8.93. The second-order valence-electron chi connectivity index (χ2n) is 7.87. The zero-order valence-electron chi connectivity index (χ0n) is 18.1. The topological polar surface area (TPSA) is 96.3 Å². The van der Waals surface area contributed by atoms with Crippen LogP contribution in [-0.4, -0.2) is 46.2 Å². The molecule has 31 heavy (non-hydrogen) atoms. The molecule has 0 spiro atoms. The van der Waals surface area contributed by atoms with E-state index in [2.05, 4.69) is 22.1 Å². The molecule has 0 radical (unpaired) electrons. The minimum Gasteiger partial charge on any atom is -0.481 e. The number of carboxylic acid groups (broad SMARTS) is 1. The van der Waals surface area contributed by atoms with E-state index in [0.29, 0.717) is 5.56 Å². The van der Waals surface area contributed by atoms with Crippen molar-refractivity contribution in [2.45, 2.75) is 58.4 Å². The number of aliphatic carboxylic acids is 1. The molecule has 0 atom stereocenters. The van der Waals surface area contributed by atoms with Gasteiger partial charge in [-0.25, -0.2) is 4.98 Å². The lowest BCUT2D eigenvalue weighted by atomic mass is 9.93. The number of aromatic nitrogens is 2. The molecule has 1 aromatic carbocycles. The Kier molecular flexibility index (Phi) is 12.3. The van der Waals surface area contributed by atoms with Crippen LogP contribution in [-0.2, 0) is 17.8 Å². The summed E-state index contributed by atoms with van der Waals surface area (Å²) in [6, 6.07) is 5.60. The molecule has 2 heterocycles. The molecule has 0 saturated carbocycles. The fourth-order valence-corrected chi connectivity index (χ4v) is 3.97. The minimum absolute atomic E-state index is 0. The maximum absolute atomic E-state index is 12.3. The Morgan fingerprint density at radius 2 is 2.00 bits per heavy atom. The molecule has 7 nitrogen and oxygen atoms in total. The summed E-state index contributed by atoms with van der Waals surface area (Å²) >= 11 is 0. The van der Waals surface area contributed by atoms with Gasteiger partial charge in [0.2, 0.25) is 0 Å². The summed E-state index contributed by atoms with van der Waals surface area (Å²) in [5, 5.41) is 14.8. The molecule has 1 aromatic heterocycles. The lowest BCUT2D eigenvalue weighted by molar-refractivity contribution is -0.136. The molecule has 1 fully saturated rings. The summed E-state index contributed by atoms with van der Waals surface area (Å²) in [7, 11) is 0. The van der Waals surface area contributed by atoms with Crippen LogP contribution in [0.2, 0.25) is 0 Å². The molecular formula is C22H34Br2N4O3. The Morgan fingerprint density at radius 3 is 2.68 bits per heavy atom. The summed E-state index contributed by atoms with van der Waals surface area (Å²) < 4.78 is 2.31. The summed E-state index contributed by atoms with van der Waals surface area (Å²) in [6.45, 7) is 5.47. The van der Waals surface area contributed by atoms with Gasteiger partial charge in [-0.1, -0.05) is 13.3 Å². The molecule has 0 bridgehead atoms. The van der Waals surface area contributed by atoms with Crippen molar-refractivity contribution in [2.75, 3.05) is 19.6 Å². The number of imidazole rings is 1. The molecule has 9 heteroatoms. The number of unbranched alkanes of at least 4 members (excludes halogenated alkanes) is 1. The number of carboxylic acids is 1. The Labute approximate surface area is 204 Å². The average molecular weight is 562 g/mol. The number of amides is 1. The van der Waals surface area contributed by atoms with Crippen molar-refractivity contribution in [3.8, 4) is 0 Å². The van der Waals surface area contributed by atoms with Crippen LogP contribution in [0, 0.1) is 5.92 Å². The molecule has 174 valence electrons. The maximum Gasteiger partial charge on any atom is 0.305 e. The predicted octanol–water partition coefficient (Wildman–Crippen LogP) is 4.13. The normalized spacial score (nSPS) is 14.0. The van der Waals surface area contributed by atoms with E-state index in [9.17, 15) is 9.59 Å². The SMILES string of the molecule is Br.Br.CCCCn1c(CCC2CCNCC2)nc2cc(C(=O)NCCC(=O)O)ccc21.